The van der Waals surface area contributed by atoms with Crippen molar-refractivity contribution in [2.45, 2.75) is 84.8 Å². The van der Waals surface area contributed by atoms with Gasteiger partial charge in [-0.3, -0.25) is 0 Å². The van der Waals surface area contributed by atoms with Crippen molar-refractivity contribution < 1.29 is 9.53 Å². The second kappa shape index (κ2) is 9.39. The first-order chi connectivity index (χ1) is 10.3. The van der Waals surface area contributed by atoms with Crippen LogP contribution >= 0.6 is 0 Å². The normalized spacial score (nSPS) is 19.0. The fourth-order valence-electron chi connectivity index (χ4n) is 3.22. The Labute approximate surface area is 136 Å². The van der Waals surface area contributed by atoms with Gasteiger partial charge in [0.25, 0.3) is 0 Å². The Morgan fingerprint density at radius 3 is 2.41 bits per heavy atom. The summed E-state index contributed by atoms with van der Waals surface area (Å²) in [6.07, 6.45) is 7.36. The van der Waals surface area contributed by atoms with Crippen LogP contribution in [-0.2, 0) is 4.74 Å². The summed E-state index contributed by atoms with van der Waals surface area (Å²) in [5, 5.41) is 6.64. The van der Waals surface area contributed by atoms with Gasteiger partial charge >= 0.3 is 6.09 Å². The van der Waals surface area contributed by atoms with Crippen molar-refractivity contribution in [3.8, 4) is 0 Å². The van der Waals surface area contributed by atoms with Crippen molar-refractivity contribution in [1.82, 2.24) is 10.6 Å². The lowest BCUT2D eigenvalue weighted by Crippen LogP contribution is -2.47. The van der Waals surface area contributed by atoms with Gasteiger partial charge in [-0.1, -0.05) is 33.1 Å². The van der Waals surface area contributed by atoms with Gasteiger partial charge in [0.1, 0.15) is 5.60 Å². The van der Waals surface area contributed by atoms with E-state index in [2.05, 4.69) is 24.5 Å². The lowest BCUT2D eigenvalue weighted by atomic mass is 9.97. The number of nitrogens with one attached hydrogen (secondary N) is 2. The topological polar surface area (TPSA) is 50.4 Å². The molecule has 0 aliphatic heterocycles. The Bertz CT molecular complexity index is 320. The number of hydrogen-bond acceptors (Lipinski definition) is 3. The number of alkyl carbamates (subject to hydrolysis) is 1. The van der Waals surface area contributed by atoms with Crippen LogP contribution < -0.4 is 10.6 Å². The lowest BCUT2D eigenvalue weighted by molar-refractivity contribution is 0.0518. The summed E-state index contributed by atoms with van der Waals surface area (Å²) in [5.74, 6) is 1.37. The van der Waals surface area contributed by atoms with E-state index in [1.165, 1.54) is 38.5 Å². The summed E-state index contributed by atoms with van der Waals surface area (Å²) in [6, 6.07) is 0.370. The molecule has 0 aromatic carbocycles. The molecule has 0 bridgehead atoms. The highest BCUT2D eigenvalue weighted by molar-refractivity contribution is 5.67. The molecule has 1 amide bonds. The standard InChI is InChI=1S/C18H36N2O2/c1-6-9-14(2)12-19-16(15-10-7-8-11-15)13-20-17(21)22-18(3,4)5/h14-16,19H,6-13H2,1-5H3,(H,20,21). The molecule has 2 atom stereocenters. The first-order valence-corrected chi connectivity index (χ1v) is 9.02. The van der Waals surface area contributed by atoms with Crippen molar-refractivity contribution in [2.24, 2.45) is 11.8 Å². The summed E-state index contributed by atoms with van der Waals surface area (Å²) >= 11 is 0. The number of hydrogen-bond donors (Lipinski definition) is 2. The number of ether oxygens (including phenoxy) is 1. The Morgan fingerprint density at radius 2 is 1.86 bits per heavy atom. The molecule has 0 aromatic rings. The highest BCUT2D eigenvalue weighted by Crippen LogP contribution is 2.27. The maximum absolute atomic E-state index is 11.9. The second-order valence-electron chi connectivity index (χ2n) is 7.84. The summed E-state index contributed by atoms with van der Waals surface area (Å²) in [5.41, 5.74) is -0.435. The fraction of sp³-hybridized carbons (Fsp3) is 0.944. The summed E-state index contributed by atoms with van der Waals surface area (Å²) in [6.45, 7) is 11.9. The zero-order valence-corrected chi connectivity index (χ0v) is 15.2. The molecule has 0 spiro atoms. The third-order valence-electron chi connectivity index (χ3n) is 4.34. The summed E-state index contributed by atoms with van der Waals surface area (Å²) in [7, 11) is 0. The van der Waals surface area contributed by atoms with E-state index >= 15 is 0 Å². The quantitative estimate of drug-likeness (QED) is 0.709. The molecule has 1 saturated carbocycles. The zero-order valence-electron chi connectivity index (χ0n) is 15.2. The van der Waals surface area contributed by atoms with Gasteiger partial charge in [0.2, 0.25) is 0 Å². The number of carbonyl (C=O) groups excluding carboxylic acids is 1. The van der Waals surface area contributed by atoms with Crippen LogP contribution in [0.1, 0.15) is 73.1 Å². The van der Waals surface area contributed by atoms with Crippen molar-refractivity contribution in [3.63, 3.8) is 0 Å². The predicted octanol–water partition coefficient (Wildman–Crippen LogP) is 4.10. The molecule has 0 saturated heterocycles. The molecular formula is C18H36N2O2. The molecule has 22 heavy (non-hydrogen) atoms. The van der Waals surface area contributed by atoms with Gasteiger partial charge in [-0.05, 0) is 58.4 Å². The molecule has 0 aromatic heterocycles. The van der Waals surface area contributed by atoms with Crippen LogP contribution in [0.4, 0.5) is 4.79 Å². The second-order valence-corrected chi connectivity index (χ2v) is 7.84. The molecule has 0 radical (unpaired) electrons. The van der Waals surface area contributed by atoms with Crippen LogP contribution in [-0.4, -0.2) is 30.8 Å². The summed E-state index contributed by atoms with van der Waals surface area (Å²) < 4.78 is 5.34. The minimum Gasteiger partial charge on any atom is -0.444 e. The molecule has 1 aliphatic carbocycles. The van der Waals surface area contributed by atoms with E-state index in [-0.39, 0.29) is 6.09 Å². The Balaban J connectivity index is 2.42. The van der Waals surface area contributed by atoms with Crippen molar-refractivity contribution in [1.29, 1.82) is 0 Å². The maximum atomic E-state index is 11.9. The van der Waals surface area contributed by atoms with Gasteiger partial charge in [-0.25, -0.2) is 4.79 Å². The van der Waals surface area contributed by atoms with Crippen molar-refractivity contribution in [3.05, 3.63) is 0 Å². The zero-order chi connectivity index (χ0) is 16.6. The van der Waals surface area contributed by atoms with E-state index in [0.29, 0.717) is 24.4 Å². The minimum atomic E-state index is -0.435. The predicted molar refractivity (Wildman–Crippen MR) is 92.1 cm³/mol. The Kier molecular flexibility index (Phi) is 8.23. The van der Waals surface area contributed by atoms with Crippen LogP contribution in [0.15, 0.2) is 0 Å². The number of rotatable bonds is 8. The van der Waals surface area contributed by atoms with E-state index in [0.717, 1.165) is 6.54 Å². The third kappa shape index (κ3) is 8.02. The first kappa shape index (κ1) is 19.3. The van der Waals surface area contributed by atoms with Crippen LogP contribution in [0.3, 0.4) is 0 Å². The van der Waals surface area contributed by atoms with Crippen molar-refractivity contribution in [2.75, 3.05) is 13.1 Å². The van der Waals surface area contributed by atoms with Gasteiger partial charge in [-0.2, -0.15) is 0 Å². The van der Waals surface area contributed by atoms with E-state index in [4.69, 9.17) is 4.74 Å². The van der Waals surface area contributed by atoms with Crippen molar-refractivity contribution >= 4 is 6.09 Å². The largest absolute Gasteiger partial charge is 0.444 e. The van der Waals surface area contributed by atoms with Crippen LogP contribution in [0, 0.1) is 11.8 Å². The van der Waals surface area contributed by atoms with Crippen LogP contribution in [0.5, 0.6) is 0 Å². The van der Waals surface area contributed by atoms with Crippen LogP contribution in [0.2, 0.25) is 0 Å². The SMILES string of the molecule is CCCC(C)CNC(CNC(=O)OC(C)(C)C)C1CCCC1. The molecule has 1 fully saturated rings. The minimum absolute atomic E-state index is 0.307. The maximum Gasteiger partial charge on any atom is 0.407 e. The Morgan fingerprint density at radius 1 is 1.23 bits per heavy atom. The molecule has 4 heteroatoms. The van der Waals surface area contributed by atoms with E-state index in [9.17, 15) is 4.79 Å². The molecule has 2 N–H and O–H groups in total. The van der Waals surface area contributed by atoms with Gasteiger partial charge in [-0.15, -0.1) is 0 Å². The van der Waals surface area contributed by atoms with E-state index in [1.54, 1.807) is 0 Å². The summed E-state index contributed by atoms with van der Waals surface area (Å²) in [4.78, 5) is 11.9. The van der Waals surface area contributed by atoms with Gasteiger partial charge in [0.15, 0.2) is 0 Å². The van der Waals surface area contributed by atoms with Gasteiger partial charge < -0.3 is 15.4 Å². The lowest BCUT2D eigenvalue weighted by Gasteiger charge is -2.27. The number of amides is 1. The molecule has 4 nitrogen and oxygen atoms in total. The smallest absolute Gasteiger partial charge is 0.407 e. The highest BCUT2D eigenvalue weighted by Gasteiger charge is 2.26. The van der Waals surface area contributed by atoms with E-state index < -0.39 is 5.60 Å². The molecule has 2 unspecified atom stereocenters. The Hall–Kier alpha value is -0.770. The van der Waals surface area contributed by atoms with E-state index in [1.807, 2.05) is 20.8 Å². The molecule has 0 heterocycles. The monoisotopic (exact) mass is 312 g/mol. The molecule has 1 rings (SSSR count). The molecule has 130 valence electrons. The van der Waals surface area contributed by atoms with Crippen LogP contribution in [0.25, 0.3) is 0 Å². The third-order valence-corrected chi connectivity index (χ3v) is 4.34. The van der Waals surface area contributed by atoms with Gasteiger partial charge in [0, 0.05) is 12.6 Å². The molecular weight excluding hydrogens is 276 g/mol. The molecule has 1 aliphatic rings. The van der Waals surface area contributed by atoms with Gasteiger partial charge in [0.05, 0.1) is 0 Å². The average molecular weight is 312 g/mol. The number of carbonyl (C=O) groups is 1. The highest BCUT2D eigenvalue weighted by atomic mass is 16.6. The average Bonchev–Trinajstić information content (AvgIpc) is 2.90. The fourth-order valence-corrected chi connectivity index (χ4v) is 3.22. The first-order valence-electron chi connectivity index (χ1n) is 9.02.